The molecule has 0 radical (unpaired) electrons. The first-order valence-corrected chi connectivity index (χ1v) is 4.04. The van der Waals surface area contributed by atoms with Crippen molar-refractivity contribution in [1.82, 2.24) is 4.98 Å². The summed E-state index contributed by atoms with van der Waals surface area (Å²) in [5.41, 5.74) is 1.63. The van der Waals surface area contributed by atoms with E-state index in [1.165, 1.54) is 19.5 Å². The van der Waals surface area contributed by atoms with Crippen LogP contribution in [-0.4, -0.2) is 28.6 Å². The van der Waals surface area contributed by atoms with Crippen LogP contribution in [0.5, 0.6) is 5.75 Å². The number of pyridine rings is 1. The van der Waals surface area contributed by atoms with Gasteiger partial charge in [0.1, 0.15) is 5.75 Å². The van der Waals surface area contributed by atoms with E-state index in [0.717, 1.165) is 0 Å². The minimum atomic E-state index is 0.0734. The molecule has 0 amide bonds. The van der Waals surface area contributed by atoms with Crippen LogP contribution in [-0.2, 0) is 11.3 Å². The second-order valence-corrected chi connectivity index (χ2v) is 2.80. The summed E-state index contributed by atoms with van der Waals surface area (Å²) in [6.07, 6.45) is 2.73. The normalized spacial score (nSPS) is 11.0. The van der Waals surface area contributed by atoms with Gasteiger partial charge in [-0.2, -0.15) is 0 Å². The van der Waals surface area contributed by atoms with Crippen LogP contribution < -0.4 is 0 Å². The molecule has 0 atom stereocenters. The number of rotatable bonds is 3. The van der Waals surface area contributed by atoms with Gasteiger partial charge in [-0.3, -0.25) is 4.98 Å². The van der Waals surface area contributed by atoms with Gasteiger partial charge in [0.2, 0.25) is 0 Å². The van der Waals surface area contributed by atoms with E-state index in [2.05, 4.69) is 10.1 Å². The zero-order valence-corrected chi connectivity index (χ0v) is 8.06. The lowest BCUT2D eigenvalue weighted by Gasteiger charge is -2.08. The van der Waals surface area contributed by atoms with Crippen molar-refractivity contribution >= 4 is 6.21 Å². The van der Waals surface area contributed by atoms with Gasteiger partial charge in [0.25, 0.3) is 0 Å². The Morgan fingerprint density at radius 1 is 1.64 bits per heavy atom. The molecule has 0 saturated carbocycles. The van der Waals surface area contributed by atoms with E-state index in [-0.39, 0.29) is 12.4 Å². The summed E-state index contributed by atoms with van der Waals surface area (Å²) in [6.45, 7) is 1.94. The number of nitrogens with zero attached hydrogens (tertiary/aromatic N) is 2. The maximum Gasteiger partial charge on any atom is 0.142 e. The Labute approximate surface area is 81.7 Å². The van der Waals surface area contributed by atoms with Crippen LogP contribution in [0.25, 0.3) is 0 Å². The highest BCUT2D eigenvalue weighted by Crippen LogP contribution is 2.23. The molecule has 0 unspecified atom stereocenters. The van der Waals surface area contributed by atoms with Gasteiger partial charge < -0.3 is 15.1 Å². The van der Waals surface area contributed by atoms with Crippen LogP contribution in [0.15, 0.2) is 11.4 Å². The Morgan fingerprint density at radius 2 is 2.36 bits per heavy atom. The fourth-order valence-corrected chi connectivity index (χ4v) is 1.13. The fraction of sp³-hybridized carbons (Fsp3) is 0.333. The molecule has 0 saturated heterocycles. The third-order valence-electron chi connectivity index (χ3n) is 1.86. The zero-order chi connectivity index (χ0) is 10.6. The number of hydrogen-bond acceptors (Lipinski definition) is 5. The second-order valence-electron chi connectivity index (χ2n) is 2.80. The lowest BCUT2D eigenvalue weighted by molar-refractivity contribution is 0.181. The van der Waals surface area contributed by atoms with Crippen molar-refractivity contribution in [3.8, 4) is 5.75 Å². The molecule has 1 aromatic rings. The molecule has 0 aliphatic heterocycles. The average molecular weight is 196 g/mol. The number of methoxy groups -OCH3 is 1. The predicted molar refractivity (Wildman–Crippen MR) is 50.7 cm³/mol. The molecule has 1 heterocycles. The van der Waals surface area contributed by atoms with Gasteiger partial charge in [-0.1, -0.05) is 5.16 Å². The summed E-state index contributed by atoms with van der Waals surface area (Å²) >= 11 is 0. The van der Waals surface area contributed by atoms with Crippen molar-refractivity contribution in [1.29, 1.82) is 0 Å². The van der Waals surface area contributed by atoms with Gasteiger partial charge >= 0.3 is 0 Å². The highest BCUT2D eigenvalue weighted by atomic mass is 16.5. The van der Waals surface area contributed by atoms with Crippen LogP contribution in [0, 0.1) is 6.92 Å². The third kappa shape index (κ3) is 2.00. The van der Waals surface area contributed by atoms with Crippen molar-refractivity contribution in [2.45, 2.75) is 13.5 Å². The molecule has 2 N–H and O–H groups in total. The number of aromatic hydroxyl groups is 1. The smallest absolute Gasteiger partial charge is 0.142 e. The van der Waals surface area contributed by atoms with E-state index >= 15 is 0 Å². The minimum absolute atomic E-state index is 0.0734. The molecule has 5 nitrogen and oxygen atoms in total. The summed E-state index contributed by atoms with van der Waals surface area (Å²) in [6, 6.07) is 0. The number of oxime groups is 1. The Kier molecular flexibility index (Phi) is 3.41. The molecule has 0 aliphatic rings. The molecule has 0 bridgehead atoms. The Hall–Kier alpha value is -1.62. The zero-order valence-electron chi connectivity index (χ0n) is 8.06. The predicted octanol–water partition coefficient (Wildman–Crippen LogP) is 1.05. The first-order chi connectivity index (χ1) is 6.70. The maximum atomic E-state index is 9.65. The lowest BCUT2D eigenvalue weighted by atomic mass is 10.1. The van der Waals surface area contributed by atoms with Crippen molar-refractivity contribution in [2.24, 2.45) is 5.16 Å². The van der Waals surface area contributed by atoms with E-state index in [1.807, 2.05) is 0 Å². The maximum absolute atomic E-state index is 9.65. The summed E-state index contributed by atoms with van der Waals surface area (Å²) in [5.74, 6) is 0.0734. The van der Waals surface area contributed by atoms with Crippen LogP contribution in [0.2, 0.25) is 0 Å². The van der Waals surface area contributed by atoms with Gasteiger partial charge in [-0.15, -0.1) is 0 Å². The molecule has 0 spiro atoms. The summed E-state index contributed by atoms with van der Waals surface area (Å²) in [5, 5.41) is 20.9. The highest BCUT2D eigenvalue weighted by molar-refractivity contribution is 5.82. The minimum Gasteiger partial charge on any atom is -0.506 e. The average Bonchev–Trinajstić information content (AvgIpc) is 2.18. The Bertz CT molecular complexity index is 350. The summed E-state index contributed by atoms with van der Waals surface area (Å²) < 4.78 is 4.92. The Morgan fingerprint density at radius 3 is 2.93 bits per heavy atom. The van der Waals surface area contributed by atoms with E-state index in [4.69, 9.17) is 9.94 Å². The fourth-order valence-electron chi connectivity index (χ4n) is 1.13. The summed E-state index contributed by atoms with van der Waals surface area (Å²) in [4.78, 5) is 3.93. The largest absolute Gasteiger partial charge is 0.506 e. The quantitative estimate of drug-likeness (QED) is 0.430. The molecule has 76 valence electrons. The number of ether oxygens (including phenoxy) is 1. The first kappa shape index (κ1) is 10.5. The van der Waals surface area contributed by atoms with E-state index in [1.54, 1.807) is 6.92 Å². The van der Waals surface area contributed by atoms with E-state index in [0.29, 0.717) is 16.8 Å². The van der Waals surface area contributed by atoms with Crippen molar-refractivity contribution in [3.05, 3.63) is 23.0 Å². The summed E-state index contributed by atoms with van der Waals surface area (Å²) in [7, 11) is 1.52. The molecule has 1 rings (SSSR count). The molecule has 14 heavy (non-hydrogen) atoms. The topological polar surface area (TPSA) is 74.9 Å². The monoisotopic (exact) mass is 196 g/mol. The standard InChI is InChI=1S/C9H12N2O3/c1-6-9(12)8(5-14-2)7(3-10-6)4-11-13/h3-4,12-13H,5H2,1-2H3. The van der Waals surface area contributed by atoms with Crippen LogP contribution in [0.1, 0.15) is 16.8 Å². The number of aryl methyl sites for hydroxylation is 1. The van der Waals surface area contributed by atoms with Crippen molar-refractivity contribution in [2.75, 3.05) is 7.11 Å². The van der Waals surface area contributed by atoms with Crippen LogP contribution in [0.4, 0.5) is 0 Å². The van der Waals surface area contributed by atoms with Gasteiger partial charge in [0.15, 0.2) is 0 Å². The highest BCUT2D eigenvalue weighted by Gasteiger charge is 2.09. The third-order valence-corrected chi connectivity index (χ3v) is 1.86. The van der Waals surface area contributed by atoms with Crippen LogP contribution in [0.3, 0.4) is 0 Å². The van der Waals surface area contributed by atoms with Crippen LogP contribution >= 0.6 is 0 Å². The van der Waals surface area contributed by atoms with E-state index in [9.17, 15) is 5.11 Å². The van der Waals surface area contributed by atoms with Crippen molar-refractivity contribution in [3.63, 3.8) is 0 Å². The molecule has 0 fully saturated rings. The lowest BCUT2D eigenvalue weighted by Crippen LogP contribution is -1.99. The molecular formula is C9H12N2O3. The number of hydrogen-bond donors (Lipinski definition) is 2. The second kappa shape index (κ2) is 4.57. The van der Waals surface area contributed by atoms with Gasteiger partial charge in [0.05, 0.1) is 18.5 Å². The Balaban J connectivity index is 3.22. The van der Waals surface area contributed by atoms with Gasteiger partial charge in [-0.25, -0.2) is 0 Å². The molecule has 1 aromatic heterocycles. The molecule has 0 aliphatic carbocycles. The molecular weight excluding hydrogens is 184 g/mol. The van der Waals surface area contributed by atoms with Gasteiger partial charge in [0, 0.05) is 24.4 Å². The molecule has 5 heteroatoms. The molecule has 0 aromatic carbocycles. The SMILES string of the molecule is COCc1c(C=NO)cnc(C)c1O. The first-order valence-electron chi connectivity index (χ1n) is 4.04. The van der Waals surface area contributed by atoms with Crippen molar-refractivity contribution < 1.29 is 15.1 Å². The van der Waals surface area contributed by atoms with E-state index < -0.39 is 0 Å². The number of aromatic nitrogens is 1. The van der Waals surface area contributed by atoms with Gasteiger partial charge in [-0.05, 0) is 6.92 Å².